The Labute approximate surface area is 164 Å². The molecular formula is C20H25NO5S. The summed E-state index contributed by atoms with van der Waals surface area (Å²) in [7, 11) is 1.57. The zero-order valence-corrected chi connectivity index (χ0v) is 16.6. The van der Waals surface area contributed by atoms with Gasteiger partial charge in [0.15, 0.2) is 12.4 Å². The van der Waals surface area contributed by atoms with Gasteiger partial charge in [-0.25, -0.2) is 0 Å². The summed E-state index contributed by atoms with van der Waals surface area (Å²) in [5.74, 6) is 0.849. The average Bonchev–Trinajstić information content (AvgIpc) is 2.70. The molecule has 1 aromatic carbocycles. The number of carbonyl (C=O) groups excluding carboxylic acids is 3. The fraction of sp³-hybridized carbons (Fsp3) is 0.350. The van der Waals surface area contributed by atoms with E-state index < -0.39 is 0 Å². The van der Waals surface area contributed by atoms with E-state index in [2.05, 4.69) is 5.32 Å². The Morgan fingerprint density at radius 1 is 1.26 bits per heavy atom. The Kier molecular flexibility index (Phi) is 10.6. The molecule has 0 bridgehead atoms. The van der Waals surface area contributed by atoms with Crippen LogP contribution in [0.4, 0.5) is 0 Å². The van der Waals surface area contributed by atoms with Crippen molar-refractivity contribution in [2.75, 3.05) is 20.0 Å². The minimum Gasteiger partial charge on any atom is -0.497 e. The van der Waals surface area contributed by atoms with E-state index in [4.69, 9.17) is 9.47 Å². The van der Waals surface area contributed by atoms with E-state index >= 15 is 0 Å². The maximum Gasteiger partial charge on any atom is 0.239 e. The summed E-state index contributed by atoms with van der Waals surface area (Å²) in [4.78, 5) is 34.2. The highest BCUT2D eigenvalue weighted by molar-refractivity contribution is 7.99. The highest BCUT2D eigenvalue weighted by Gasteiger charge is 2.15. The van der Waals surface area contributed by atoms with Gasteiger partial charge in [-0.1, -0.05) is 6.08 Å². The number of Topliss-reactive ketones (excluding diaryl/α,β-unsaturated/α-hetero) is 1. The molecule has 0 heterocycles. The van der Waals surface area contributed by atoms with Gasteiger partial charge >= 0.3 is 0 Å². The Balaban J connectivity index is 2.46. The second-order valence-corrected chi connectivity index (χ2v) is 6.50. The fourth-order valence-corrected chi connectivity index (χ4v) is 2.84. The Hall–Kier alpha value is -2.54. The zero-order valence-electron chi connectivity index (χ0n) is 15.8. The molecule has 27 heavy (non-hydrogen) atoms. The molecule has 146 valence electrons. The molecule has 7 heteroatoms. The monoisotopic (exact) mass is 391 g/mol. The number of hydrogen-bond acceptors (Lipinski definition) is 6. The van der Waals surface area contributed by atoms with Crippen LogP contribution in [0, 0.1) is 0 Å². The normalized spacial score (nSPS) is 12.5. The van der Waals surface area contributed by atoms with Gasteiger partial charge in [0.25, 0.3) is 0 Å². The molecular weight excluding hydrogens is 366 g/mol. The summed E-state index contributed by atoms with van der Waals surface area (Å²) >= 11 is 1.39. The third-order valence-corrected chi connectivity index (χ3v) is 4.74. The van der Waals surface area contributed by atoms with E-state index in [9.17, 15) is 14.4 Å². The second kappa shape index (κ2) is 12.8. The number of thioether (sulfide) groups is 1. The molecule has 0 aliphatic rings. The molecule has 1 unspecified atom stereocenters. The fourth-order valence-electron chi connectivity index (χ4n) is 2.19. The first kappa shape index (κ1) is 22.5. The van der Waals surface area contributed by atoms with Crippen LogP contribution in [-0.4, -0.2) is 43.3 Å². The minimum absolute atomic E-state index is 0.0640. The topological polar surface area (TPSA) is 81.7 Å². The first-order chi connectivity index (χ1) is 13.0. The molecule has 0 aromatic heterocycles. The second-order valence-electron chi connectivity index (χ2n) is 5.46. The van der Waals surface area contributed by atoms with Crippen molar-refractivity contribution < 1.29 is 23.9 Å². The number of benzene rings is 1. The van der Waals surface area contributed by atoms with Gasteiger partial charge in [0.05, 0.1) is 12.4 Å². The Bertz CT molecular complexity index is 682. The number of methoxy groups -OCH3 is 1. The maximum atomic E-state index is 12.2. The molecule has 1 rings (SSSR count). The number of carbonyl (C=O) groups is 3. The van der Waals surface area contributed by atoms with Crippen LogP contribution in [0.1, 0.15) is 30.1 Å². The maximum absolute atomic E-state index is 12.2. The van der Waals surface area contributed by atoms with Crippen LogP contribution in [0.15, 0.2) is 48.3 Å². The van der Waals surface area contributed by atoms with E-state index in [1.54, 1.807) is 43.5 Å². The third-order valence-electron chi connectivity index (χ3n) is 3.72. The lowest BCUT2D eigenvalue weighted by Crippen LogP contribution is -2.31. The first-order valence-electron chi connectivity index (χ1n) is 8.45. The molecule has 0 saturated heterocycles. The molecule has 6 nitrogen and oxygen atoms in total. The van der Waals surface area contributed by atoms with Crippen molar-refractivity contribution in [2.45, 2.75) is 25.0 Å². The van der Waals surface area contributed by atoms with Crippen LogP contribution in [0.25, 0.3) is 0 Å². The van der Waals surface area contributed by atoms with Crippen molar-refractivity contribution in [3.05, 3.63) is 53.8 Å². The molecule has 0 saturated carbocycles. The average molecular weight is 391 g/mol. The molecule has 0 fully saturated rings. The van der Waals surface area contributed by atoms with Crippen molar-refractivity contribution in [3.63, 3.8) is 0 Å². The van der Waals surface area contributed by atoms with Crippen LogP contribution in [-0.2, 0) is 14.3 Å². The number of rotatable bonds is 12. The zero-order chi connectivity index (χ0) is 20.1. The summed E-state index contributed by atoms with van der Waals surface area (Å²) in [5.41, 5.74) is 0.555. The van der Waals surface area contributed by atoms with Crippen molar-refractivity contribution in [1.82, 2.24) is 5.32 Å². The summed E-state index contributed by atoms with van der Waals surface area (Å²) < 4.78 is 10.6. The van der Waals surface area contributed by atoms with Gasteiger partial charge in [0.1, 0.15) is 11.5 Å². The molecule has 1 N–H and O–H groups in total. The number of hydrogen-bond donors (Lipinski definition) is 1. The standard InChI is InChI=1S/C20H25NO5S/c1-4-16(7-5-6-8-19(27-3)20(24)21-14-22)26-13-18(23)15-9-11-17(25-2)12-10-15/h4-5,7,9-12,14,19H,6,8,13H2,1-3H3,(H,21,22,24)/b7-5-,16-4+. The van der Waals surface area contributed by atoms with E-state index in [1.165, 1.54) is 11.8 Å². The Morgan fingerprint density at radius 2 is 1.96 bits per heavy atom. The molecule has 2 amide bonds. The van der Waals surface area contributed by atoms with E-state index in [0.717, 1.165) is 0 Å². The summed E-state index contributed by atoms with van der Waals surface area (Å²) in [6.07, 6.45) is 8.88. The molecule has 0 spiro atoms. The van der Waals surface area contributed by atoms with Crippen molar-refractivity contribution in [3.8, 4) is 5.75 Å². The SMILES string of the molecule is C/C=C(\C=C/CCC(SC)C(=O)NC=O)OCC(=O)c1ccc(OC)cc1. The number of ketones is 1. The molecule has 1 aromatic rings. The molecule has 0 aliphatic carbocycles. The minimum atomic E-state index is -0.293. The van der Waals surface area contributed by atoms with Crippen LogP contribution in [0.2, 0.25) is 0 Å². The Morgan fingerprint density at radius 3 is 2.52 bits per heavy atom. The highest BCUT2D eigenvalue weighted by atomic mass is 32.2. The molecule has 0 aliphatic heterocycles. The van der Waals surface area contributed by atoms with E-state index in [1.807, 2.05) is 19.3 Å². The van der Waals surface area contributed by atoms with Gasteiger partial charge in [-0.3, -0.25) is 19.7 Å². The lowest BCUT2D eigenvalue weighted by Gasteiger charge is -2.10. The first-order valence-corrected chi connectivity index (χ1v) is 9.74. The number of nitrogens with one attached hydrogen (secondary N) is 1. The number of imide groups is 1. The lowest BCUT2D eigenvalue weighted by molar-refractivity contribution is -0.124. The third kappa shape index (κ3) is 8.13. The van der Waals surface area contributed by atoms with Crippen LogP contribution in [0.3, 0.4) is 0 Å². The van der Waals surface area contributed by atoms with Gasteiger partial charge in [-0.15, -0.1) is 0 Å². The molecule has 0 radical (unpaired) electrons. The number of amides is 2. The smallest absolute Gasteiger partial charge is 0.239 e. The van der Waals surface area contributed by atoms with Crippen LogP contribution >= 0.6 is 11.8 Å². The quantitative estimate of drug-likeness (QED) is 0.255. The van der Waals surface area contributed by atoms with Gasteiger partial charge in [0, 0.05) is 5.56 Å². The molecule has 1 atom stereocenters. The predicted molar refractivity (Wildman–Crippen MR) is 107 cm³/mol. The van der Waals surface area contributed by atoms with E-state index in [-0.39, 0.29) is 23.5 Å². The van der Waals surface area contributed by atoms with Crippen LogP contribution in [0.5, 0.6) is 5.75 Å². The van der Waals surface area contributed by atoms with Gasteiger partial charge in [0.2, 0.25) is 12.3 Å². The highest BCUT2D eigenvalue weighted by Crippen LogP contribution is 2.15. The number of allylic oxidation sites excluding steroid dienone is 3. The van der Waals surface area contributed by atoms with Gasteiger partial charge < -0.3 is 9.47 Å². The van der Waals surface area contributed by atoms with Crippen molar-refractivity contribution >= 4 is 29.9 Å². The largest absolute Gasteiger partial charge is 0.497 e. The van der Waals surface area contributed by atoms with Crippen molar-refractivity contribution in [2.24, 2.45) is 0 Å². The lowest BCUT2D eigenvalue weighted by atomic mass is 10.1. The summed E-state index contributed by atoms with van der Waals surface area (Å²) in [6.45, 7) is 1.76. The summed E-state index contributed by atoms with van der Waals surface area (Å²) in [5, 5.41) is 1.88. The predicted octanol–water partition coefficient (Wildman–Crippen LogP) is 3.14. The van der Waals surface area contributed by atoms with Crippen molar-refractivity contribution in [1.29, 1.82) is 0 Å². The number of ether oxygens (including phenoxy) is 2. The summed E-state index contributed by atoms with van der Waals surface area (Å²) in [6, 6.07) is 6.85. The van der Waals surface area contributed by atoms with Gasteiger partial charge in [-0.2, -0.15) is 11.8 Å². The van der Waals surface area contributed by atoms with Gasteiger partial charge in [-0.05, 0) is 62.4 Å². The van der Waals surface area contributed by atoms with Crippen LogP contribution < -0.4 is 10.1 Å². The van der Waals surface area contributed by atoms with E-state index in [0.29, 0.717) is 36.3 Å².